The second kappa shape index (κ2) is 7.65. The molecule has 0 atom stereocenters. The highest BCUT2D eigenvalue weighted by molar-refractivity contribution is 9.10. The van der Waals surface area contributed by atoms with Gasteiger partial charge in [0, 0.05) is 28.0 Å². The number of H-pyrrole nitrogens is 1. The molecule has 3 N–H and O–H groups in total. The number of halogens is 2. The molecule has 0 aromatic carbocycles. The molecule has 23 heavy (non-hydrogen) atoms. The van der Waals surface area contributed by atoms with E-state index in [1.54, 1.807) is 6.20 Å². The molecule has 0 radical (unpaired) electrons. The van der Waals surface area contributed by atoms with Gasteiger partial charge in [0.05, 0.1) is 6.20 Å². The van der Waals surface area contributed by atoms with Crippen molar-refractivity contribution in [1.29, 1.82) is 0 Å². The number of hydrogen-bond donors (Lipinski definition) is 3. The predicted molar refractivity (Wildman–Crippen MR) is 96.0 cm³/mol. The van der Waals surface area contributed by atoms with Crippen LogP contribution in [0.1, 0.15) is 31.2 Å². The first kappa shape index (κ1) is 18.3. The summed E-state index contributed by atoms with van der Waals surface area (Å²) in [6, 6.07) is 1.98. The summed E-state index contributed by atoms with van der Waals surface area (Å²) < 4.78 is 6.85. The minimum atomic E-state index is -0.547. The summed E-state index contributed by atoms with van der Waals surface area (Å²) in [7, 11) is 0. The molecule has 0 saturated heterocycles. The van der Waals surface area contributed by atoms with Gasteiger partial charge in [0.1, 0.15) is 15.8 Å². The molecular formula is C14H18BrClN4O2S. The molecule has 2 aromatic rings. The second-order valence-corrected chi connectivity index (χ2v) is 8.43. The zero-order chi connectivity index (χ0) is 17.0. The summed E-state index contributed by atoms with van der Waals surface area (Å²) >= 11 is 10.9. The van der Waals surface area contributed by atoms with Crippen LogP contribution in [-0.4, -0.2) is 21.9 Å². The van der Waals surface area contributed by atoms with Gasteiger partial charge >= 0.3 is 6.09 Å². The lowest BCUT2D eigenvalue weighted by Crippen LogP contribution is -2.27. The molecule has 0 aliphatic rings. The Hall–Kier alpha value is -1.09. The molecule has 0 bridgehead atoms. The van der Waals surface area contributed by atoms with E-state index in [4.69, 9.17) is 16.3 Å². The highest BCUT2D eigenvalue weighted by Crippen LogP contribution is 2.31. The second-order valence-electron chi connectivity index (χ2n) is 5.84. The molecule has 0 spiro atoms. The third-order valence-corrected chi connectivity index (χ3v) is 5.13. The number of aromatic amines is 1. The van der Waals surface area contributed by atoms with Gasteiger partial charge in [0.15, 0.2) is 0 Å². The Morgan fingerprint density at radius 2 is 2.22 bits per heavy atom. The lowest BCUT2D eigenvalue weighted by atomic mass is 10.2. The van der Waals surface area contributed by atoms with Crippen molar-refractivity contribution in [3.63, 3.8) is 0 Å². The number of amides is 1. The van der Waals surface area contributed by atoms with Gasteiger partial charge in [-0.1, -0.05) is 11.6 Å². The molecule has 1 amide bonds. The Bertz CT molecular complexity index is 661. The molecule has 0 saturated carbocycles. The standard InChI is InChI=1S/C14H18BrClN4O2S/c1-14(2,3)22-13(21)19-12-8(6-18-20-12)5-17-7-9-4-10(15)11(16)23-9/h4,6,17H,5,7H2,1-3H3,(H2,18,19,20,21). The molecule has 0 fully saturated rings. The minimum Gasteiger partial charge on any atom is -0.444 e. The van der Waals surface area contributed by atoms with Crippen LogP contribution >= 0.6 is 38.9 Å². The highest BCUT2D eigenvalue weighted by Gasteiger charge is 2.17. The SMILES string of the molecule is CC(C)(C)OC(=O)Nc1[nH]ncc1CNCc1cc(Br)c(Cl)s1. The Balaban J connectivity index is 1.87. The first-order valence-electron chi connectivity index (χ1n) is 6.91. The Labute approximate surface area is 152 Å². The summed E-state index contributed by atoms with van der Waals surface area (Å²) in [5, 5.41) is 12.7. The van der Waals surface area contributed by atoms with Gasteiger partial charge in [-0.15, -0.1) is 11.3 Å². The highest BCUT2D eigenvalue weighted by atomic mass is 79.9. The number of nitrogens with one attached hydrogen (secondary N) is 3. The number of thiophene rings is 1. The molecular weight excluding hydrogens is 404 g/mol. The Kier molecular flexibility index (Phi) is 6.07. The van der Waals surface area contributed by atoms with Gasteiger partial charge in [-0.05, 0) is 42.8 Å². The number of carbonyl (C=O) groups is 1. The van der Waals surface area contributed by atoms with Crippen molar-refractivity contribution in [3.05, 3.63) is 31.5 Å². The fraction of sp³-hybridized carbons (Fsp3) is 0.429. The van der Waals surface area contributed by atoms with Crippen molar-refractivity contribution in [1.82, 2.24) is 15.5 Å². The van der Waals surface area contributed by atoms with E-state index in [9.17, 15) is 4.79 Å². The van der Waals surface area contributed by atoms with Crippen LogP contribution in [0, 0.1) is 0 Å². The summed E-state index contributed by atoms with van der Waals surface area (Å²) in [5.74, 6) is 0.525. The van der Waals surface area contributed by atoms with Crippen LogP contribution in [0.4, 0.5) is 10.6 Å². The molecule has 0 aliphatic carbocycles. The lowest BCUT2D eigenvalue weighted by Gasteiger charge is -2.19. The number of rotatable bonds is 5. The van der Waals surface area contributed by atoms with Crippen molar-refractivity contribution >= 4 is 50.8 Å². The van der Waals surface area contributed by atoms with E-state index in [2.05, 4.69) is 36.8 Å². The largest absolute Gasteiger partial charge is 0.444 e. The van der Waals surface area contributed by atoms with Gasteiger partial charge in [-0.3, -0.25) is 10.4 Å². The number of anilines is 1. The smallest absolute Gasteiger partial charge is 0.413 e. The van der Waals surface area contributed by atoms with E-state index >= 15 is 0 Å². The number of aromatic nitrogens is 2. The zero-order valence-electron chi connectivity index (χ0n) is 13.0. The van der Waals surface area contributed by atoms with Crippen LogP contribution in [0.5, 0.6) is 0 Å². The quantitative estimate of drug-likeness (QED) is 0.663. The van der Waals surface area contributed by atoms with Gasteiger partial charge in [0.2, 0.25) is 0 Å². The number of ether oxygens (including phenoxy) is 1. The van der Waals surface area contributed by atoms with Crippen molar-refractivity contribution < 1.29 is 9.53 Å². The summed E-state index contributed by atoms with van der Waals surface area (Å²) in [4.78, 5) is 12.9. The first-order chi connectivity index (χ1) is 10.7. The van der Waals surface area contributed by atoms with Gasteiger partial charge in [-0.2, -0.15) is 5.10 Å². The van der Waals surface area contributed by atoms with Crippen molar-refractivity contribution in [2.45, 2.75) is 39.5 Å². The zero-order valence-corrected chi connectivity index (χ0v) is 16.2. The molecule has 0 unspecified atom stereocenters. The monoisotopic (exact) mass is 420 g/mol. The third kappa shape index (κ3) is 5.80. The maximum Gasteiger partial charge on any atom is 0.413 e. The number of hydrogen-bond acceptors (Lipinski definition) is 5. The van der Waals surface area contributed by atoms with Crippen LogP contribution in [0.15, 0.2) is 16.7 Å². The van der Waals surface area contributed by atoms with Crippen LogP contribution in [0.25, 0.3) is 0 Å². The van der Waals surface area contributed by atoms with E-state index < -0.39 is 11.7 Å². The number of nitrogens with zero attached hydrogens (tertiary/aromatic N) is 1. The molecule has 126 valence electrons. The molecule has 6 nitrogen and oxygen atoms in total. The molecule has 2 heterocycles. The van der Waals surface area contributed by atoms with Gasteiger partial charge in [-0.25, -0.2) is 4.79 Å². The average molecular weight is 422 g/mol. The summed E-state index contributed by atoms with van der Waals surface area (Å²) in [6.45, 7) is 6.66. The van der Waals surface area contributed by atoms with Crippen LogP contribution in [0.3, 0.4) is 0 Å². The first-order valence-corrected chi connectivity index (χ1v) is 8.90. The van der Waals surface area contributed by atoms with Crippen molar-refractivity contribution in [3.8, 4) is 0 Å². The molecule has 2 rings (SSSR count). The topological polar surface area (TPSA) is 79.0 Å². The van der Waals surface area contributed by atoms with Crippen molar-refractivity contribution in [2.24, 2.45) is 0 Å². The minimum absolute atomic E-state index is 0.517. The molecule has 2 aromatic heterocycles. The molecule has 9 heteroatoms. The number of carbonyl (C=O) groups excluding carboxylic acids is 1. The van der Waals surface area contributed by atoms with E-state index in [1.807, 2.05) is 26.8 Å². The fourth-order valence-electron chi connectivity index (χ4n) is 1.76. The maximum atomic E-state index is 11.8. The van der Waals surface area contributed by atoms with E-state index in [0.29, 0.717) is 18.9 Å². The van der Waals surface area contributed by atoms with Crippen molar-refractivity contribution in [2.75, 3.05) is 5.32 Å². The lowest BCUT2D eigenvalue weighted by molar-refractivity contribution is 0.0635. The molecule has 0 aliphatic heterocycles. The summed E-state index contributed by atoms with van der Waals surface area (Å²) in [6.07, 6.45) is 1.15. The Morgan fingerprint density at radius 3 is 2.83 bits per heavy atom. The normalized spacial score (nSPS) is 11.5. The average Bonchev–Trinajstić information content (AvgIpc) is 2.95. The van der Waals surface area contributed by atoms with Crippen LogP contribution in [-0.2, 0) is 17.8 Å². The predicted octanol–water partition coefficient (Wildman–Crippen LogP) is 4.52. The van der Waals surface area contributed by atoms with E-state index in [0.717, 1.165) is 19.2 Å². The van der Waals surface area contributed by atoms with E-state index in [-0.39, 0.29) is 0 Å². The third-order valence-electron chi connectivity index (χ3n) is 2.65. The van der Waals surface area contributed by atoms with Gasteiger partial charge < -0.3 is 10.1 Å². The van der Waals surface area contributed by atoms with E-state index in [1.165, 1.54) is 11.3 Å². The summed E-state index contributed by atoms with van der Waals surface area (Å²) in [5.41, 5.74) is 0.298. The maximum absolute atomic E-state index is 11.8. The van der Waals surface area contributed by atoms with Crippen LogP contribution < -0.4 is 10.6 Å². The fourth-order valence-corrected chi connectivity index (χ4v) is 3.52. The Morgan fingerprint density at radius 1 is 1.48 bits per heavy atom. The van der Waals surface area contributed by atoms with Crippen LogP contribution in [0.2, 0.25) is 4.34 Å². The van der Waals surface area contributed by atoms with Gasteiger partial charge in [0.25, 0.3) is 0 Å².